The number of carbonyl (C=O) groups excluding carboxylic acids is 4. The van der Waals surface area contributed by atoms with Crippen LogP contribution in [-0.4, -0.2) is 86.8 Å². The second kappa shape index (κ2) is 16.8. The minimum absolute atomic E-state index is 0.00163. The molecule has 0 aliphatic carbocycles. The highest BCUT2D eigenvalue weighted by molar-refractivity contribution is 5.95. The summed E-state index contributed by atoms with van der Waals surface area (Å²) in [7, 11) is 0. The van der Waals surface area contributed by atoms with Crippen molar-refractivity contribution in [2.24, 2.45) is 11.7 Å². The zero-order valence-electron chi connectivity index (χ0n) is 24.8. The molecule has 0 aromatic heterocycles. The van der Waals surface area contributed by atoms with Gasteiger partial charge in [-0.3, -0.25) is 24.0 Å². The number of nitrogens with two attached hydrogens (primary N) is 1. The molecule has 0 fully saturated rings. The lowest BCUT2D eigenvalue weighted by atomic mass is 9.98. The lowest BCUT2D eigenvalue weighted by Crippen LogP contribution is -2.60. The highest BCUT2D eigenvalue weighted by Gasteiger charge is 2.32. The predicted molar refractivity (Wildman–Crippen MR) is 159 cm³/mol. The number of amides is 4. The lowest BCUT2D eigenvalue weighted by molar-refractivity contribution is -0.141. The van der Waals surface area contributed by atoms with Crippen molar-refractivity contribution in [3.63, 3.8) is 0 Å². The number of carboxylic acid groups (broad SMARTS) is 1. The van der Waals surface area contributed by atoms with E-state index in [9.17, 15) is 44.4 Å². The number of aliphatic hydroxyl groups is 1. The van der Waals surface area contributed by atoms with Crippen molar-refractivity contribution in [2.75, 3.05) is 6.61 Å². The van der Waals surface area contributed by atoms with Crippen molar-refractivity contribution < 1.29 is 44.4 Å². The Labute approximate surface area is 255 Å². The molecule has 44 heavy (non-hydrogen) atoms. The van der Waals surface area contributed by atoms with Crippen molar-refractivity contribution in [3.05, 3.63) is 59.7 Å². The number of phenols is 2. The van der Waals surface area contributed by atoms with Gasteiger partial charge in [0, 0.05) is 12.8 Å². The molecule has 0 spiro atoms. The summed E-state index contributed by atoms with van der Waals surface area (Å²) < 4.78 is 0. The minimum Gasteiger partial charge on any atom is -0.508 e. The van der Waals surface area contributed by atoms with Gasteiger partial charge in [0.25, 0.3) is 0 Å². The Hall–Kier alpha value is -4.69. The van der Waals surface area contributed by atoms with Crippen LogP contribution >= 0.6 is 0 Å². The molecule has 0 aliphatic heterocycles. The zero-order valence-corrected chi connectivity index (χ0v) is 24.8. The van der Waals surface area contributed by atoms with E-state index in [0.29, 0.717) is 17.5 Å². The molecule has 10 N–H and O–H groups in total. The van der Waals surface area contributed by atoms with Crippen LogP contribution in [-0.2, 0) is 36.8 Å². The molecule has 0 unspecified atom stereocenters. The van der Waals surface area contributed by atoms with Gasteiger partial charge in [0.1, 0.15) is 35.7 Å². The Kier molecular flexibility index (Phi) is 13.6. The topological polar surface area (TPSA) is 240 Å². The van der Waals surface area contributed by atoms with Gasteiger partial charge in [0.05, 0.1) is 12.6 Å². The first kappa shape index (κ1) is 35.5. The van der Waals surface area contributed by atoms with Crippen LogP contribution in [0.4, 0.5) is 0 Å². The molecular formula is C30H41N5O9. The van der Waals surface area contributed by atoms with Gasteiger partial charge in [-0.15, -0.1) is 0 Å². The van der Waals surface area contributed by atoms with E-state index >= 15 is 0 Å². The molecule has 14 nitrogen and oxygen atoms in total. The first-order valence-corrected chi connectivity index (χ1v) is 14.1. The van der Waals surface area contributed by atoms with Crippen LogP contribution in [0.1, 0.15) is 38.3 Å². The normalized spacial score (nSPS) is 15.0. The fourth-order valence-corrected chi connectivity index (χ4v) is 4.05. The van der Waals surface area contributed by atoms with Gasteiger partial charge in [0.2, 0.25) is 23.6 Å². The largest absolute Gasteiger partial charge is 0.508 e. The first-order valence-electron chi connectivity index (χ1n) is 14.1. The van der Waals surface area contributed by atoms with Gasteiger partial charge in [-0.1, -0.05) is 44.5 Å². The van der Waals surface area contributed by atoms with Crippen LogP contribution in [0.3, 0.4) is 0 Å². The Morgan fingerprint density at radius 1 is 0.682 bits per heavy atom. The van der Waals surface area contributed by atoms with E-state index in [2.05, 4.69) is 21.3 Å². The number of hydrogen-bond donors (Lipinski definition) is 9. The molecule has 0 heterocycles. The number of carbonyl (C=O) groups is 5. The molecule has 0 aliphatic rings. The van der Waals surface area contributed by atoms with E-state index in [-0.39, 0.29) is 30.3 Å². The summed E-state index contributed by atoms with van der Waals surface area (Å²) in [6, 6.07) is 5.39. The average Bonchev–Trinajstić information content (AvgIpc) is 2.99. The van der Waals surface area contributed by atoms with Gasteiger partial charge in [0.15, 0.2) is 0 Å². The third-order valence-electron chi connectivity index (χ3n) is 7.12. The van der Waals surface area contributed by atoms with E-state index in [4.69, 9.17) is 5.73 Å². The Morgan fingerprint density at radius 2 is 1.07 bits per heavy atom. The molecule has 6 atom stereocenters. The number of aliphatic carboxylic acids is 1. The third-order valence-corrected chi connectivity index (χ3v) is 7.12. The molecule has 0 saturated heterocycles. The van der Waals surface area contributed by atoms with Gasteiger partial charge < -0.3 is 47.4 Å². The van der Waals surface area contributed by atoms with Crippen molar-refractivity contribution in [1.29, 1.82) is 0 Å². The fraction of sp³-hybridized carbons (Fsp3) is 0.433. The van der Waals surface area contributed by atoms with E-state index in [0.717, 1.165) is 0 Å². The summed E-state index contributed by atoms with van der Waals surface area (Å²) >= 11 is 0. The Balaban J connectivity index is 2.25. The van der Waals surface area contributed by atoms with Crippen molar-refractivity contribution in [3.8, 4) is 11.5 Å². The minimum atomic E-state index is -1.56. The number of hydrogen-bond acceptors (Lipinski definition) is 9. The highest BCUT2D eigenvalue weighted by Crippen LogP contribution is 2.14. The van der Waals surface area contributed by atoms with Crippen molar-refractivity contribution in [1.82, 2.24) is 21.3 Å². The van der Waals surface area contributed by atoms with Gasteiger partial charge in [-0.2, -0.15) is 0 Å². The summed E-state index contributed by atoms with van der Waals surface area (Å²) in [5.74, 6) is -4.72. The van der Waals surface area contributed by atoms with Gasteiger partial charge in [-0.05, 0) is 48.2 Å². The van der Waals surface area contributed by atoms with Crippen LogP contribution in [0.2, 0.25) is 0 Å². The number of aliphatic hydroxyl groups excluding tert-OH is 1. The van der Waals surface area contributed by atoms with E-state index in [1.807, 2.05) is 6.92 Å². The molecule has 0 bridgehead atoms. The molecular weight excluding hydrogens is 574 g/mol. The quantitative estimate of drug-likeness (QED) is 0.115. The number of rotatable bonds is 16. The third kappa shape index (κ3) is 10.9. The molecule has 0 saturated carbocycles. The zero-order chi connectivity index (χ0) is 33.0. The van der Waals surface area contributed by atoms with Crippen molar-refractivity contribution in [2.45, 2.75) is 70.2 Å². The molecule has 2 aromatic rings. The SMILES string of the molecule is CC[C@H](C)[C@H](N)C(=O)N[C@@H](Cc1ccc(O)cc1)C(=O)N[C@@H](CO)C(=O)N[C@@H](Cc1ccc(O)cc1)C(=O)N[C@@H](C)C(=O)O. The molecule has 0 radical (unpaired) electrons. The fourth-order valence-electron chi connectivity index (χ4n) is 4.05. The maximum atomic E-state index is 13.4. The molecule has 14 heteroatoms. The predicted octanol–water partition coefficient (Wildman–Crippen LogP) is -0.708. The summed E-state index contributed by atoms with van der Waals surface area (Å²) in [4.78, 5) is 63.6. The summed E-state index contributed by atoms with van der Waals surface area (Å²) in [6.45, 7) is 4.02. The van der Waals surface area contributed by atoms with Crippen LogP contribution in [0.25, 0.3) is 0 Å². The first-order chi connectivity index (χ1) is 20.7. The number of nitrogens with one attached hydrogen (secondary N) is 4. The highest BCUT2D eigenvalue weighted by atomic mass is 16.4. The summed E-state index contributed by atoms with van der Waals surface area (Å²) in [5.41, 5.74) is 7.14. The molecule has 240 valence electrons. The van der Waals surface area contributed by atoms with Crippen LogP contribution in [0.15, 0.2) is 48.5 Å². The van der Waals surface area contributed by atoms with E-state index in [1.165, 1.54) is 43.3 Å². The van der Waals surface area contributed by atoms with Gasteiger partial charge >= 0.3 is 5.97 Å². The summed E-state index contributed by atoms with van der Waals surface area (Å²) in [6.07, 6.45) is 0.466. The molecule has 2 rings (SSSR count). The van der Waals surface area contributed by atoms with Crippen LogP contribution in [0.5, 0.6) is 11.5 Å². The van der Waals surface area contributed by atoms with Crippen molar-refractivity contribution >= 4 is 29.6 Å². The van der Waals surface area contributed by atoms with Crippen LogP contribution in [0, 0.1) is 5.92 Å². The second-order valence-electron chi connectivity index (χ2n) is 10.6. The van der Waals surface area contributed by atoms with Gasteiger partial charge in [-0.25, -0.2) is 0 Å². The number of aromatic hydroxyl groups is 2. The maximum Gasteiger partial charge on any atom is 0.325 e. The smallest absolute Gasteiger partial charge is 0.325 e. The van der Waals surface area contributed by atoms with E-state index in [1.54, 1.807) is 19.1 Å². The standard InChI is InChI=1S/C30H41N5O9/c1-4-16(2)25(31)29(42)34-23(14-19-7-11-21(38)12-8-19)27(40)35-24(15-36)28(41)33-22(26(39)32-17(3)30(43)44)13-18-5-9-20(37)10-6-18/h5-12,16-17,22-25,36-38H,4,13-15,31H2,1-3H3,(H,32,39)(H,33,41)(H,34,42)(H,35,40)(H,43,44)/t16-,17-,22-,23-,24-,25-/m0/s1. The summed E-state index contributed by atoms with van der Waals surface area (Å²) in [5, 5.41) is 48.1. The monoisotopic (exact) mass is 615 g/mol. The lowest BCUT2D eigenvalue weighted by Gasteiger charge is -2.26. The molecule has 2 aromatic carbocycles. The number of benzene rings is 2. The maximum absolute atomic E-state index is 13.4. The van der Waals surface area contributed by atoms with E-state index < -0.39 is 66.4 Å². The Morgan fingerprint density at radius 3 is 1.48 bits per heavy atom. The molecule has 4 amide bonds. The number of phenolic OH excluding ortho intramolecular Hbond substituents is 2. The van der Waals surface area contributed by atoms with Crippen LogP contribution < -0.4 is 27.0 Å². The number of carboxylic acids is 1. The Bertz CT molecular complexity index is 1290. The average molecular weight is 616 g/mol. The second-order valence-corrected chi connectivity index (χ2v) is 10.6.